The van der Waals surface area contributed by atoms with Crippen molar-refractivity contribution < 1.29 is 8.78 Å². The molecule has 0 amide bonds. The van der Waals surface area contributed by atoms with E-state index >= 15 is 0 Å². The number of nitrogens with zero attached hydrogens (tertiary/aromatic N) is 1. The molecule has 2 N–H and O–H groups in total. The number of rotatable bonds is 1. The van der Waals surface area contributed by atoms with Crippen molar-refractivity contribution in [3.63, 3.8) is 0 Å². The maximum Gasteiger partial charge on any atom is 0.280 e. The summed E-state index contributed by atoms with van der Waals surface area (Å²) in [5, 5.41) is 0. The number of aromatic nitrogens is 1. The Morgan fingerprint density at radius 3 is 2.64 bits per heavy atom. The van der Waals surface area contributed by atoms with Crippen LogP contribution >= 0.6 is 15.9 Å². The van der Waals surface area contributed by atoms with Gasteiger partial charge in [0.25, 0.3) is 6.43 Å². The molecule has 0 unspecified atom stereocenters. The summed E-state index contributed by atoms with van der Waals surface area (Å²) < 4.78 is 24.4. The SMILES string of the molecule is Nc1cc(C(F)F)ncc1Br. The van der Waals surface area contributed by atoms with Gasteiger partial charge in [0.15, 0.2) is 0 Å². The normalized spacial score (nSPS) is 10.5. The zero-order valence-corrected chi connectivity index (χ0v) is 6.98. The number of halogens is 3. The van der Waals surface area contributed by atoms with Crippen LogP contribution in [0.5, 0.6) is 0 Å². The van der Waals surface area contributed by atoms with Gasteiger partial charge in [-0.3, -0.25) is 4.98 Å². The fourth-order valence-corrected chi connectivity index (χ4v) is 0.807. The van der Waals surface area contributed by atoms with Crippen molar-refractivity contribution in [3.8, 4) is 0 Å². The van der Waals surface area contributed by atoms with Gasteiger partial charge in [-0.25, -0.2) is 8.78 Å². The lowest BCUT2D eigenvalue weighted by atomic mass is 10.3. The van der Waals surface area contributed by atoms with Crippen LogP contribution in [0.1, 0.15) is 12.1 Å². The van der Waals surface area contributed by atoms with Gasteiger partial charge >= 0.3 is 0 Å². The summed E-state index contributed by atoms with van der Waals surface area (Å²) in [6, 6.07) is 1.15. The Hall–Kier alpha value is -0.710. The van der Waals surface area contributed by atoms with E-state index in [-0.39, 0.29) is 11.4 Å². The van der Waals surface area contributed by atoms with Crippen LogP contribution in [0.4, 0.5) is 14.5 Å². The Morgan fingerprint density at radius 1 is 1.55 bits per heavy atom. The second-order valence-electron chi connectivity index (χ2n) is 1.93. The fraction of sp³-hybridized carbons (Fsp3) is 0.167. The fourth-order valence-electron chi connectivity index (χ4n) is 0.591. The molecule has 0 aliphatic heterocycles. The molecule has 11 heavy (non-hydrogen) atoms. The highest BCUT2D eigenvalue weighted by Crippen LogP contribution is 2.23. The minimum absolute atomic E-state index is 0.273. The van der Waals surface area contributed by atoms with Gasteiger partial charge in [-0.05, 0) is 22.0 Å². The molecule has 60 valence electrons. The predicted octanol–water partition coefficient (Wildman–Crippen LogP) is 2.36. The van der Waals surface area contributed by atoms with Crippen LogP contribution in [0, 0.1) is 0 Å². The molecule has 0 saturated heterocycles. The quantitative estimate of drug-likeness (QED) is 0.793. The molecule has 0 bridgehead atoms. The summed E-state index contributed by atoms with van der Waals surface area (Å²) in [4.78, 5) is 3.46. The topological polar surface area (TPSA) is 38.9 Å². The van der Waals surface area contributed by atoms with E-state index in [9.17, 15) is 8.78 Å². The molecular weight excluding hydrogens is 218 g/mol. The molecule has 0 aliphatic carbocycles. The largest absolute Gasteiger partial charge is 0.398 e. The van der Waals surface area contributed by atoms with Crippen LogP contribution in [0.25, 0.3) is 0 Å². The lowest BCUT2D eigenvalue weighted by Gasteiger charge is -2.00. The molecule has 0 spiro atoms. The molecule has 5 heteroatoms. The predicted molar refractivity (Wildman–Crippen MR) is 41.3 cm³/mol. The van der Waals surface area contributed by atoms with Crippen LogP contribution < -0.4 is 5.73 Å². The summed E-state index contributed by atoms with van der Waals surface area (Å²) in [6.07, 6.45) is -1.30. The molecule has 1 aromatic rings. The monoisotopic (exact) mass is 222 g/mol. The van der Waals surface area contributed by atoms with E-state index in [1.165, 1.54) is 6.20 Å². The number of hydrogen-bond acceptors (Lipinski definition) is 2. The number of nitrogen functional groups attached to an aromatic ring is 1. The lowest BCUT2D eigenvalue weighted by Crippen LogP contribution is -1.94. The lowest BCUT2D eigenvalue weighted by molar-refractivity contribution is 0.146. The van der Waals surface area contributed by atoms with Gasteiger partial charge in [0.1, 0.15) is 5.69 Å². The number of alkyl halides is 2. The van der Waals surface area contributed by atoms with E-state index in [4.69, 9.17) is 5.73 Å². The van der Waals surface area contributed by atoms with Crippen molar-refractivity contribution >= 4 is 21.6 Å². The smallest absolute Gasteiger partial charge is 0.280 e. The van der Waals surface area contributed by atoms with Crippen molar-refractivity contribution in [1.82, 2.24) is 4.98 Å². The molecular formula is C6H5BrF2N2. The number of anilines is 1. The minimum Gasteiger partial charge on any atom is -0.398 e. The molecule has 0 aliphatic rings. The van der Waals surface area contributed by atoms with E-state index < -0.39 is 6.43 Å². The van der Waals surface area contributed by atoms with Gasteiger partial charge in [0, 0.05) is 11.9 Å². The zero-order chi connectivity index (χ0) is 8.43. The first-order valence-corrected chi connectivity index (χ1v) is 3.59. The maximum atomic E-state index is 11.9. The third-order valence-electron chi connectivity index (χ3n) is 1.13. The van der Waals surface area contributed by atoms with Crippen molar-refractivity contribution in [2.75, 3.05) is 5.73 Å². The van der Waals surface area contributed by atoms with Crippen molar-refractivity contribution in [1.29, 1.82) is 0 Å². The van der Waals surface area contributed by atoms with E-state index in [2.05, 4.69) is 20.9 Å². The third kappa shape index (κ3) is 1.86. The number of hydrogen-bond donors (Lipinski definition) is 1. The Balaban J connectivity index is 3.05. The van der Waals surface area contributed by atoms with Gasteiger partial charge in [-0.15, -0.1) is 0 Å². The van der Waals surface area contributed by atoms with E-state index in [1.54, 1.807) is 0 Å². The first kappa shape index (κ1) is 8.39. The van der Waals surface area contributed by atoms with Crippen LogP contribution in [0.15, 0.2) is 16.7 Å². The van der Waals surface area contributed by atoms with Crippen molar-refractivity contribution in [2.24, 2.45) is 0 Å². The molecule has 0 atom stereocenters. The Morgan fingerprint density at radius 2 is 2.18 bits per heavy atom. The van der Waals surface area contributed by atoms with Gasteiger partial charge < -0.3 is 5.73 Å². The maximum absolute atomic E-state index is 11.9. The van der Waals surface area contributed by atoms with Crippen LogP contribution in [-0.2, 0) is 0 Å². The van der Waals surface area contributed by atoms with E-state index in [1.807, 2.05) is 0 Å². The Kier molecular flexibility index (Phi) is 2.38. The summed E-state index contributed by atoms with van der Waals surface area (Å²) in [5.74, 6) is 0. The Bertz CT molecular complexity index is 265. The summed E-state index contributed by atoms with van der Waals surface area (Å²) >= 11 is 3.05. The van der Waals surface area contributed by atoms with Crippen molar-refractivity contribution in [3.05, 3.63) is 22.4 Å². The van der Waals surface area contributed by atoms with E-state index in [0.717, 1.165) is 6.07 Å². The van der Waals surface area contributed by atoms with Crippen molar-refractivity contribution in [2.45, 2.75) is 6.43 Å². The molecule has 0 radical (unpaired) electrons. The van der Waals surface area contributed by atoms with Gasteiger partial charge in [-0.1, -0.05) is 0 Å². The van der Waals surface area contributed by atoms with Gasteiger partial charge in [-0.2, -0.15) is 0 Å². The molecule has 2 nitrogen and oxygen atoms in total. The average molecular weight is 223 g/mol. The minimum atomic E-state index is -2.56. The summed E-state index contributed by atoms with van der Waals surface area (Å²) in [7, 11) is 0. The highest BCUT2D eigenvalue weighted by molar-refractivity contribution is 9.10. The average Bonchev–Trinajstić information content (AvgIpc) is 1.94. The molecule has 0 saturated carbocycles. The zero-order valence-electron chi connectivity index (χ0n) is 5.39. The second-order valence-corrected chi connectivity index (χ2v) is 2.79. The summed E-state index contributed by atoms with van der Waals surface area (Å²) in [5.41, 5.74) is 5.31. The summed E-state index contributed by atoms with van der Waals surface area (Å²) in [6.45, 7) is 0. The first-order valence-electron chi connectivity index (χ1n) is 2.80. The van der Waals surface area contributed by atoms with E-state index in [0.29, 0.717) is 4.47 Å². The number of nitrogens with two attached hydrogens (primary N) is 1. The highest BCUT2D eigenvalue weighted by atomic mass is 79.9. The molecule has 0 fully saturated rings. The molecule has 1 heterocycles. The van der Waals surface area contributed by atoms with Crippen LogP contribution in [0.3, 0.4) is 0 Å². The third-order valence-corrected chi connectivity index (χ3v) is 1.79. The molecule has 1 rings (SSSR count). The Labute approximate surface area is 70.6 Å². The standard InChI is InChI=1S/C6H5BrF2N2/c7-3-2-11-5(6(8)9)1-4(3)10/h1-2,6H,(H2,10,11). The first-order chi connectivity index (χ1) is 5.11. The van der Waals surface area contributed by atoms with Crippen LogP contribution in [0.2, 0.25) is 0 Å². The molecule has 0 aromatic carbocycles. The second kappa shape index (κ2) is 3.13. The van der Waals surface area contributed by atoms with Gasteiger partial charge in [0.05, 0.1) is 4.47 Å². The molecule has 1 aromatic heterocycles. The number of pyridine rings is 1. The van der Waals surface area contributed by atoms with Gasteiger partial charge in [0.2, 0.25) is 0 Å². The highest BCUT2D eigenvalue weighted by Gasteiger charge is 2.09. The van der Waals surface area contributed by atoms with Crippen LogP contribution in [-0.4, -0.2) is 4.98 Å².